The Hall–Kier alpha value is -3.70. The van der Waals surface area contributed by atoms with Crippen LogP contribution in [-0.4, -0.2) is 56.6 Å². The summed E-state index contributed by atoms with van der Waals surface area (Å²) in [5, 5.41) is 6.69. The number of methoxy groups -OCH3 is 1. The third-order valence-corrected chi connectivity index (χ3v) is 8.21. The molecule has 41 heavy (non-hydrogen) atoms. The number of carbonyl (C=O) groups is 2. The first-order valence-corrected chi connectivity index (χ1v) is 15.2. The molecule has 222 valence electrons. The minimum atomic E-state index is -3.97. The number of hydrogen-bond donors (Lipinski definition) is 2. The molecule has 3 rings (SSSR count). The Kier molecular flexibility index (Phi) is 11.1. The summed E-state index contributed by atoms with van der Waals surface area (Å²) >= 11 is 0. The van der Waals surface area contributed by atoms with Crippen molar-refractivity contribution in [3.63, 3.8) is 0 Å². The van der Waals surface area contributed by atoms with E-state index < -0.39 is 16.1 Å². The summed E-state index contributed by atoms with van der Waals surface area (Å²) in [6.07, 6.45) is 0.993. The van der Waals surface area contributed by atoms with Gasteiger partial charge in [-0.15, -0.1) is 0 Å². The standard InChI is InChI=1S/C30H40N4O6S/c1-7-10-27(35)34(28(20(2)3)30(36)31-17-18-39-6)19-23-13-15-24(16-14-23)25-11-8-9-12-26(25)41(37,38)33-29-21(4)22(5)40-32-29/h8-9,11-16,20,28H,7,10,17-19H2,1-6H3,(H,31,36)(H,32,33)/t28-/m0/s1. The Morgan fingerprint density at radius 3 is 2.34 bits per heavy atom. The van der Waals surface area contributed by atoms with E-state index in [9.17, 15) is 18.0 Å². The molecule has 0 aliphatic heterocycles. The number of benzene rings is 2. The van der Waals surface area contributed by atoms with E-state index in [1.165, 1.54) is 6.07 Å². The van der Waals surface area contributed by atoms with Crippen LogP contribution in [0.25, 0.3) is 11.1 Å². The first-order chi connectivity index (χ1) is 19.5. The average molecular weight is 585 g/mol. The summed E-state index contributed by atoms with van der Waals surface area (Å²) in [5.41, 5.74) is 2.64. The van der Waals surface area contributed by atoms with Crippen molar-refractivity contribution in [3.8, 4) is 11.1 Å². The van der Waals surface area contributed by atoms with Crippen molar-refractivity contribution in [1.82, 2.24) is 15.4 Å². The number of nitrogens with one attached hydrogen (secondary N) is 2. The molecule has 11 heteroatoms. The van der Waals surface area contributed by atoms with Gasteiger partial charge in [-0.2, -0.15) is 0 Å². The van der Waals surface area contributed by atoms with Gasteiger partial charge in [0, 0.05) is 37.7 Å². The fourth-order valence-corrected chi connectivity index (χ4v) is 5.79. The number of aryl methyl sites for hydroxylation is 1. The summed E-state index contributed by atoms with van der Waals surface area (Å²) in [6, 6.07) is 13.4. The molecule has 0 saturated heterocycles. The van der Waals surface area contributed by atoms with Crippen LogP contribution < -0.4 is 10.0 Å². The van der Waals surface area contributed by atoms with Gasteiger partial charge in [0.25, 0.3) is 10.0 Å². The Morgan fingerprint density at radius 1 is 1.07 bits per heavy atom. The van der Waals surface area contributed by atoms with Gasteiger partial charge in [-0.3, -0.25) is 14.3 Å². The van der Waals surface area contributed by atoms with Crippen LogP contribution in [-0.2, 0) is 30.9 Å². The van der Waals surface area contributed by atoms with Crippen LogP contribution in [0.1, 0.15) is 50.5 Å². The lowest BCUT2D eigenvalue weighted by Crippen LogP contribution is -2.52. The second kappa shape index (κ2) is 14.3. The summed E-state index contributed by atoms with van der Waals surface area (Å²) in [4.78, 5) is 28.0. The van der Waals surface area contributed by atoms with Gasteiger partial charge in [-0.05, 0) is 43.4 Å². The largest absolute Gasteiger partial charge is 0.383 e. The maximum atomic E-state index is 13.3. The Labute approximate surface area is 242 Å². The van der Waals surface area contributed by atoms with E-state index in [0.717, 1.165) is 5.56 Å². The molecule has 2 aromatic carbocycles. The quantitative estimate of drug-likeness (QED) is 0.263. The number of rotatable bonds is 14. The van der Waals surface area contributed by atoms with Crippen molar-refractivity contribution in [2.45, 2.75) is 64.9 Å². The van der Waals surface area contributed by atoms with E-state index in [-0.39, 0.29) is 35.0 Å². The second-order valence-corrected chi connectivity index (χ2v) is 11.9. The number of carbonyl (C=O) groups excluding carboxylic acids is 2. The smallest absolute Gasteiger partial charge is 0.263 e. The second-order valence-electron chi connectivity index (χ2n) is 10.3. The summed E-state index contributed by atoms with van der Waals surface area (Å²) in [6.45, 7) is 10.2. The van der Waals surface area contributed by atoms with Crippen molar-refractivity contribution >= 4 is 27.7 Å². The van der Waals surface area contributed by atoms with Crippen molar-refractivity contribution in [3.05, 3.63) is 65.4 Å². The van der Waals surface area contributed by atoms with Gasteiger partial charge >= 0.3 is 0 Å². The number of anilines is 1. The monoisotopic (exact) mass is 584 g/mol. The highest BCUT2D eigenvalue weighted by atomic mass is 32.2. The highest BCUT2D eigenvalue weighted by molar-refractivity contribution is 7.92. The van der Waals surface area contributed by atoms with Gasteiger partial charge in [0.2, 0.25) is 11.8 Å². The Balaban J connectivity index is 1.89. The molecular formula is C30H40N4O6S. The molecule has 0 fully saturated rings. The first kappa shape index (κ1) is 31.8. The number of hydrogen-bond acceptors (Lipinski definition) is 7. The van der Waals surface area contributed by atoms with E-state index in [1.54, 1.807) is 44.1 Å². The topological polar surface area (TPSA) is 131 Å². The minimum absolute atomic E-state index is 0.0974. The predicted molar refractivity (Wildman–Crippen MR) is 158 cm³/mol. The van der Waals surface area contributed by atoms with Crippen molar-refractivity contribution in [2.75, 3.05) is 25.0 Å². The van der Waals surface area contributed by atoms with Crippen LogP contribution >= 0.6 is 0 Å². The Bertz CT molecular complexity index is 1430. The normalized spacial score (nSPS) is 12.3. The van der Waals surface area contributed by atoms with Gasteiger partial charge in [-0.25, -0.2) is 8.42 Å². The maximum absolute atomic E-state index is 13.3. The van der Waals surface area contributed by atoms with E-state index in [2.05, 4.69) is 15.2 Å². The van der Waals surface area contributed by atoms with Crippen LogP contribution in [0.4, 0.5) is 5.82 Å². The van der Waals surface area contributed by atoms with E-state index in [4.69, 9.17) is 9.26 Å². The van der Waals surface area contributed by atoms with Crippen molar-refractivity contribution in [1.29, 1.82) is 0 Å². The van der Waals surface area contributed by atoms with Crippen LogP contribution in [0.2, 0.25) is 0 Å². The molecule has 0 bridgehead atoms. The Morgan fingerprint density at radius 2 is 1.76 bits per heavy atom. The summed E-state index contributed by atoms with van der Waals surface area (Å²) < 4.78 is 39.3. The van der Waals surface area contributed by atoms with Gasteiger partial charge < -0.3 is 19.5 Å². The fourth-order valence-electron chi connectivity index (χ4n) is 4.51. The third-order valence-electron chi connectivity index (χ3n) is 6.81. The lowest BCUT2D eigenvalue weighted by molar-refractivity contribution is -0.143. The molecule has 1 heterocycles. The molecule has 2 N–H and O–H groups in total. The summed E-state index contributed by atoms with van der Waals surface area (Å²) in [5.74, 6) is 0.250. The molecule has 10 nitrogen and oxygen atoms in total. The minimum Gasteiger partial charge on any atom is -0.383 e. The molecule has 0 aliphatic carbocycles. The molecule has 0 spiro atoms. The van der Waals surface area contributed by atoms with Crippen LogP contribution in [0, 0.1) is 19.8 Å². The van der Waals surface area contributed by atoms with Crippen molar-refractivity contribution in [2.24, 2.45) is 5.92 Å². The van der Waals surface area contributed by atoms with Gasteiger partial charge in [0.1, 0.15) is 11.8 Å². The summed E-state index contributed by atoms with van der Waals surface area (Å²) in [7, 11) is -2.40. The lowest BCUT2D eigenvalue weighted by Gasteiger charge is -2.34. The zero-order chi connectivity index (χ0) is 30.2. The molecule has 2 amide bonds. The molecule has 0 aliphatic rings. The van der Waals surface area contributed by atoms with E-state index >= 15 is 0 Å². The molecule has 1 atom stereocenters. The fraction of sp³-hybridized carbons (Fsp3) is 0.433. The zero-order valence-electron chi connectivity index (χ0n) is 24.6. The molecule has 0 unspecified atom stereocenters. The number of sulfonamides is 1. The average Bonchev–Trinajstić information content (AvgIpc) is 3.25. The predicted octanol–water partition coefficient (Wildman–Crippen LogP) is 4.68. The molecule has 0 saturated carbocycles. The molecular weight excluding hydrogens is 544 g/mol. The highest BCUT2D eigenvalue weighted by Crippen LogP contribution is 2.30. The van der Waals surface area contributed by atoms with Gasteiger partial charge in [-0.1, -0.05) is 68.4 Å². The van der Waals surface area contributed by atoms with Crippen LogP contribution in [0.3, 0.4) is 0 Å². The van der Waals surface area contributed by atoms with Gasteiger partial charge in [0.05, 0.1) is 11.5 Å². The number of aromatic nitrogens is 1. The molecule has 1 aromatic heterocycles. The number of ether oxygens (including phenoxy) is 1. The van der Waals surface area contributed by atoms with Crippen molar-refractivity contribution < 1.29 is 27.3 Å². The highest BCUT2D eigenvalue weighted by Gasteiger charge is 2.32. The maximum Gasteiger partial charge on any atom is 0.263 e. The molecule has 0 radical (unpaired) electrons. The van der Waals surface area contributed by atoms with Gasteiger partial charge in [0.15, 0.2) is 5.82 Å². The third kappa shape index (κ3) is 7.95. The molecule has 3 aromatic rings. The van der Waals surface area contributed by atoms with E-state index in [1.807, 2.05) is 45.0 Å². The SMILES string of the molecule is CCCC(=O)N(Cc1ccc(-c2ccccc2S(=O)(=O)Nc2noc(C)c2C)cc1)[C@H](C(=O)NCCOC)C(C)C. The van der Waals surface area contributed by atoms with E-state index in [0.29, 0.717) is 48.4 Å². The first-order valence-electron chi connectivity index (χ1n) is 13.7. The number of nitrogens with zero attached hydrogens (tertiary/aromatic N) is 2. The van der Waals surface area contributed by atoms with Crippen LogP contribution in [0.15, 0.2) is 57.9 Å². The van der Waals surface area contributed by atoms with Crippen LogP contribution in [0.5, 0.6) is 0 Å². The number of amides is 2. The lowest BCUT2D eigenvalue weighted by atomic mass is 9.99. The zero-order valence-corrected chi connectivity index (χ0v) is 25.4.